The number of fused-ring (bicyclic) bond motifs is 2. The van der Waals surface area contributed by atoms with Crippen LogP contribution in [0.3, 0.4) is 0 Å². The predicted octanol–water partition coefficient (Wildman–Crippen LogP) is 16.4. The van der Waals surface area contributed by atoms with Crippen molar-refractivity contribution in [3.8, 4) is 0 Å². The number of benzene rings is 3. The fourth-order valence-electron chi connectivity index (χ4n) is 7.36. The monoisotopic (exact) mass is 773 g/mol. The van der Waals surface area contributed by atoms with E-state index in [0.29, 0.717) is 29.3 Å². The van der Waals surface area contributed by atoms with Gasteiger partial charge in [0.05, 0.1) is 6.10 Å². The summed E-state index contributed by atoms with van der Waals surface area (Å²) in [6.45, 7) is 38.8. The molecule has 2 bridgehead atoms. The molecule has 8 atom stereocenters. The SMILES string of the molecule is CC1CC2CC1C(C)C2C.CCC(C)(C)c1ccc(C)cc1.CCC(C)OC.CCC(C)c1ccc(C)cc1.CCC(C)c1cccc(C)c1.COCC(C)C. The van der Waals surface area contributed by atoms with E-state index in [-0.39, 0.29) is 0 Å². The van der Waals surface area contributed by atoms with Crippen LogP contribution in [0.25, 0.3) is 0 Å². The standard InChI is InChI=1S/C12H18.2C11H16.C10H18.2C5H12O/c1-5-12(3,4)11-8-6-10(2)7-9-11;1-4-10(3)11-7-5-9(2)6-8-11;1-4-10(3)11-7-5-6-9(2)8-11;1-6-4-9-5-10(6)8(3)7(9)2;1-5(2)4-6-3;1-4-5(2)6-3/h6-9H,5H2,1-4H3;2*5-8,10H,4H2,1-3H3;6-10H,4-5H2,1-3H3;2*5H,4H2,1-3H3. The number of hydrogen-bond donors (Lipinski definition) is 0. The van der Waals surface area contributed by atoms with Crippen molar-refractivity contribution in [2.24, 2.45) is 35.5 Å². The zero-order valence-corrected chi connectivity index (χ0v) is 40.4. The summed E-state index contributed by atoms with van der Waals surface area (Å²) in [6.07, 6.45) is 8.25. The molecule has 0 aliphatic heterocycles. The number of rotatable bonds is 10. The first kappa shape index (κ1) is 53.6. The van der Waals surface area contributed by atoms with Crippen molar-refractivity contribution in [2.75, 3.05) is 20.8 Å². The van der Waals surface area contributed by atoms with Crippen molar-refractivity contribution >= 4 is 0 Å². The molecule has 0 aromatic heterocycles. The van der Waals surface area contributed by atoms with E-state index in [1.165, 1.54) is 59.1 Å². The second-order valence-corrected chi connectivity index (χ2v) is 18.4. The third kappa shape index (κ3) is 20.8. The van der Waals surface area contributed by atoms with E-state index in [0.717, 1.165) is 42.6 Å². The van der Waals surface area contributed by atoms with E-state index in [9.17, 15) is 0 Å². The molecule has 2 saturated carbocycles. The predicted molar refractivity (Wildman–Crippen MR) is 251 cm³/mol. The molecule has 2 heteroatoms. The van der Waals surface area contributed by atoms with E-state index in [1.807, 2.05) is 0 Å². The third-order valence-corrected chi connectivity index (χ3v) is 12.9. The highest BCUT2D eigenvalue weighted by atomic mass is 16.5. The lowest BCUT2D eigenvalue weighted by Crippen LogP contribution is -2.22. The van der Waals surface area contributed by atoms with Gasteiger partial charge in [-0.1, -0.05) is 179 Å². The van der Waals surface area contributed by atoms with Crippen LogP contribution in [0, 0.1) is 56.3 Å². The van der Waals surface area contributed by atoms with Crippen LogP contribution in [0.15, 0.2) is 72.8 Å². The Balaban J connectivity index is 0.000000660. The van der Waals surface area contributed by atoms with Gasteiger partial charge in [0.1, 0.15) is 0 Å². The molecule has 0 spiro atoms. The van der Waals surface area contributed by atoms with Gasteiger partial charge in [-0.15, -0.1) is 0 Å². The molecule has 5 rings (SSSR count). The van der Waals surface area contributed by atoms with Crippen LogP contribution in [-0.2, 0) is 14.9 Å². The van der Waals surface area contributed by atoms with Gasteiger partial charge in [-0.2, -0.15) is 0 Å². The summed E-state index contributed by atoms with van der Waals surface area (Å²) in [5.41, 5.74) is 8.74. The van der Waals surface area contributed by atoms with Gasteiger partial charge in [-0.25, -0.2) is 0 Å². The lowest BCUT2D eigenvalue weighted by molar-refractivity contribution is 0.115. The van der Waals surface area contributed by atoms with Crippen LogP contribution in [0.1, 0.15) is 181 Å². The molecule has 8 unspecified atom stereocenters. The van der Waals surface area contributed by atoms with Crippen LogP contribution in [0.2, 0.25) is 0 Å². The Morgan fingerprint density at radius 2 is 1.14 bits per heavy atom. The summed E-state index contributed by atoms with van der Waals surface area (Å²) in [4.78, 5) is 0. The largest absolute Gasteiger partial charge is 0.384 e. The quantitative estimate of drug-likeness (QED) is 0.204. The molecular weight excluding hydrogens is 681 g/mol. The summed E-state index contributed by atoms with van der Waals surface area (Å²) in [6, 6.07) is 26.4. The normalized spacial score (nSPS) is 20.9. The second-order valence-electron chi connectivity index (χ2n) is 18.4. The van der Waals surface area contributed by atoms with Crippen molar-refractivity contribution in [1.29, 1.82) is 0 Å². The lowest BCUT2D eigenvalue weighted by Gasteiger charge is -2.29. The summed E-state index contributed by atoms with van der Waals surface area (Å²) in [5.74, 6) is 7.35. The zero-order chi connectivity index (χ0) is 43.0. The maximum Gasteiger partial charge on any atom is 0.0540 e. The molecule has 0 radical (unpaired) electrons. The smallest absolute Gasteiger partial charge is 0.0540 e. The highest BCUT2D eigenvalue weighted by Gasteiger charge is 2.46. The van der Waals surface area contributed by atoms with Gasteiger partial charge >= 0.3 is 0 Å². The molecule has 2 nitrogen and oxygen atoms in total. The Hall–Kier alpha value is -2.42. The van der Waals surface area contributed by atoms with Crippen LogP contribution in [0.5, 0.6) is 0 Å². The van der Waals surface area contributed by atoms with Gasteiger partial charge in [-0.3, -0.25) is 0 Å². The van der Waals surface area contributed by atoms with Crippen LogP contribution < -0.4 is 0 Å². The molecule has 0 saturated heterocycles. The molecule has 2 aliphatic carbocycles. The molecule has 56 heavy (non-hydrogen) atoms. The Morgan fingerprint density at radius 3 is 1.48 bits per heavy atom. The van der Waals surface area contributed by atoms with Crippen molar-refractivity contribution in [1.82, 2.24) is 0 Å². The Labute approximate surface area is 350 Å². The molecular formula is C54H92O2. The van der Waals surface area contributed by atoms with Crippen molar-refractivity contribution in [2.45, 2.75) is 180 Å². The maximum absolute atomic E-state index is 4.90. The van der Waals surface area contributed by atoms with E-state index in [2.05, 4.69) is 190 Å². The Bertz CT molecular complexity index is 1360. The summed E-state index contributed by atoms with van der Waals surface area (Å²) in [5, 5.41) is 0. The molecule has 320 valence electrons. The average Bonchev–Trinajstić information content (AvgIpc) is 3.71. The van der Waals surface area contributed by atoms with Gasteiger partial charge in [-0.05, 0) is 136 Å². The number of methoxy groups -OCH3 is 2. The third-order valence-electron chi connectivity index (χ3n) is 12.9. The van der Waals surface area contributed by atoms with E-state index < -0.39 is 0 Å². The van der Waals surface area contributed by atoms with Gasteiger partial charge in [0.15, 0.2) is 0 Å². The highest BCUT2D eigenvalue weighted by molar-refractivity contribution is 5.27. The first-order valence-electron chi connectivity index (χ1n) is 22.5. The van der Waals surface area contributed by atoms with Gasteiger partial charge < -0.3 is 9.47 Å². The molecule has 3 aromatic rings. The average molecular weight is 773 g/mol. The molecule has 0 N–H and O–H groups in total. The first-order valence-corrected chi connectivity index (χ1v) is 22.5. The maximum atomic E-state index is 4.90. The van der Waals surface area contributed by atoms with Gasteiger partial charge in [0.25, 0.3) is 0 Å². The topological polar surface area (TPSA) is 18.5 Å². The molecule has 2 fully saturated rings. The summed E-state index contributed by atoms with van der Waals surface area (Å²) < 4.78 is 9.70. The molecule has 0 amide bonds. The summed E-state index contributed by atoms with van der Waals surface area (Å²) in [7, 11) is 3.45. The fourth-order valence-corrected chi connectivity index (χ4v) is 7.36. The Kier molecular flexibility index (Phi) is 27.6. The minimum absolute atomic E-state index is 0.327. The molecule has 0 heterocycles. The minimum atomic E-state index is 0.327. The van der Waals surface area contributed by atoms with Crippen LogP contribution >= 0.6 is 0 Å². The minimum Gasteiger partial charge on any atom is -0.384 e. The fraction of sp³-hybridized carbons (Fsp3) is 0.667. The van der Waals surface area contributed by atoms with Crippen molar-refractivity contribution in [3.05, 3.63) is 106 Å². The number of hydrogen-bond acceptors (Lipinski definition) is 2. The lowest BCUT2D eigenvalue weighted by atomic mass is 9.77. The van der Waals surface area contributed by atoms with Gasteiger partial charge in [0, 0.05) is 20.8 Å². The van der Waals surface area contributed by atoms with E-state index >= 15 is 0 Å². The second kappa shape index (κ2) is 28.9. The molecule has 2 aliphatic rings. The van der Waals surface area contributed by atoms with Crippen LogP contribution in [-0.4, -0.2) is 26.9 Å². The number of ether oxygens (including phenoxy) is 2. The Morgan fingerprint density at radius 1 is 0.625 bits per heavy atom. The molecule has 3 aromatic carbocycles. The van der Waals surface area contributed by atoms with E-state index in [1.54, 1.807) is 20.6 Å². The number of aryl methyl sites for hydroxylation is 3. The van der Waals surface area contributed by atoms with E-state index in [4.69, 9.17) is 9.47 Å². The highest BCUT2D eigenvalue weighted by Crippen LogP contribution is 2.54. The van der Waals surface area contributed by atoms with Crippen molar-refractivity contribution in [3.63, 3.8) is 0 Å². The zero-order valence-electron chi connectivity index (χ0n) is 40.4. The first-order chi connectivity index (χ1) is 26.3. The van der Waals surface area contributed by atoms with Crippen molar-refractivity contribution < 1.29 is 9.47 Å². The van der Waals surface area contributed by atoms with Gasteiger partial charge in [0.2, 0.25) is 0 Å². The van der Waals surface area contributed by atoms with Crippen LogP contribution in [0.4, 0.5) is 0 Å². The summed E-state index contributed by atoms with van der Waals surface area (Å²) >= 11 is 0.